The summed E-state index contributed by atoms with van der Waals surface area (Å²) in [5.41, 5.74) is 12.1. The average molecular weight is 485 g/mol. The lowest BCUT2D eigenvalue weighted by atomic mass is 9.70. The van der Waals surface area contributed by atoms with Crippen LogP contribution in [0.25, 0.3) is 44.2 Å². The maximum atomic E-state index is 6.29. The minimum atomic E-state index is -0.339. The number of halogens is 1. The van der Waals surface area contributed by atoms with Crippen molar-refractivity contribution in [3.8, 4) is 22.3 Å². The van der Waals surface area contributed by atoms with E-state index in [1.54, 1.807) is 0 Å². The molecule has 0 amide bonds. The first kappa shape index (κ1) is 17.9. The average Bonchev–Trinajstić information content (AvgIpc) is 3.48. The van der Waals surface area contributed by atoms with Gasteiger partial charge in [0.1, 0.15) is 11.2 Å². The van der Waals surface area contributed by atoms with E-state index in [9.17, 15) is 0 Å². The molecule has 0 radical (unpaired) electrons. The number of rotatable bonds is 0. The first-order valence-corrected chi connectivity index (χ1v) is 12.0. The van der Waals surface area contributed by atoms with Crippen LogP contribution in [0.2, 0.25) is 0 Å². The molecule has 1 heterocycles. The summed E-state index contributed by atoms with van der Waals surface area (Å²) >= 11 is 3.88. The summed E-state index contributed by atoms with van der Waals surface area (Å²) in [6.07, 6.45) is 0. The lowest BCUT2D eigenvalue weighted by Crippen LogP contribution is -2.25. The third-order valence-corrected chi connectivity index (χ3v) is 8.23. The van der Waals surface area contributed by atoms with E-state index in [1.165, 1.54) is 55.3 Å². The Morgan fingerprint density at radius 3 is 1.97 bits per heavy atom. The fraction of sp³-hybridized carbons (Fsp3) is 0.0323. The number of fused-ring (bicyclic) bond motifs is 14. The number of hydrogen-bond acceptors (Lipinski definition) is 1. The van der Waals surface area contributed by atoms with Gasteiger partial charge >= 0.3 is 0 Å². The van der Waals surface area contributed by atoms with E-state index in [0.29, 0.717) is 0 Å². The van der Waals surface area contributed by atoms with Crippen LogP contribution in [0.3, 0.4) is 0 Å². The Balaban J connectivity index is 1.65. The van der Waals surface area contributed by atoms with Crippen LogP contribution in [0.4, 0.5) is 0 Å². The topological polar surface area (TPSA) is 13.1 Å². The van der Waals surface area contributed by atoms with Gasteiger partial charge in [-0.25, -0.2) is 0 Å². The molecule has 0 fully saturated rings. The van der Waals surface area contributed by atoms with Crippen LogP contribution in [0.15, 0.2) is 112 Å². The van der Waals surface area contributed by atoms with E-state index in [2.05, 4.69) is 113 Å². The lowest BCUT2D eigenvalue weighted by Gasteiger charge is -2.30. The van der Waals surface area contributed by atoms with Crippen molar-refractivity contribution < 1.29 is 4.42 Å². The number of benzene rings is 5. The third kappa shape index (κ3) is 1.96. The highest BCUT2D eigenvalue weighted by molar-refractivity contribution is 9.10. The third-order valence-electron chi connectivity index (χ3n) is 7.57. The van der Waals surface area contributed by atoms with Crippen LogP contribution in [-0.4, -0.2) is 0 Å². The van der Waals surface area contributed by atoms with Gasteiger partial charge in [0.05, 0.1) is 5.41 Å². The Kier molecular flexibility index (Phi) is 3.27. The van der Waals surface area contributed by atoms with Crippen LogP contribution < -0.4 is 0 Å². The van der Waals surface area contributed by atoms with Crippen molar-refractivity contribution in [2.75, 3.05) is 0 Å². The summed E-state index contributed by atoms with van der Waals surface area (Å²) in [5.74, 6) is 0. The SMILES string of the molecule is Brc1cccc2c1-c1ccccc1C21c2ccccc2-c2c1ccc1oc3ccccc3c21. The molecular formula is C31H17BrO. The summed E-state index contributed by atoms with van der Waals surface area (Å²) in [6, 6.07) is 37.3. The highest BCUT2D eigenvalue weighted by Crippen LogP contribution is 2.64. The summed E-state index contributed by atoms with van der Waals surface area (Å²) in [4.78, 5) is 0. The predicted octanol–water partition coefficient (Wildman–Crippen LogP) is 8.69. The molecule has 1 aromatic heterocycles. The molecule has 8 rings (SSSR count). The largest absolute Gasteiger partial charge is 0.456 e. The van der Waals surface area contributed by atoms with Crippen LogP contribution in [0.1, 0.15) is 22.3 Å². The Bertz CT molecular complexity index is 1790. The number of hydrogen-bond donors (Lipinski definition) is 0. The van der Waals surface area contributed by atoms with Crippen molar-refractivity contribution >= 4 is 37.9 Å². The molecule has 5 aromatic carbocycles. The molecule has 154 valence electrons. The normalized spacial score (nSPS) is 17.4. The first-order chi connectivity index (χ1) is 16.3. The van der Waals surface area contributed by atoms with Crippen molar-refractivity contribution in [1.29, 1.82) is 0 Å². The fourth-order valence-electron chi connectivity index (χ4n) is 6.45. The number of furan rings is 1. The predicted molar refractivity (Wildman–Crippen MR) is 138 cm³/mol. The van der Waals surface area contributed by atoms with Gasteiger partial charge in [-0.2, -0.15) is 0 Å². The minimum Gasteiger partial charge on any atom is -0.456 e. The summed E-state index contributed by atoms with van der Waals surface area (Å²) in [6.45, 7) is 0. The van der Waals surface area contributed by atoms with Crippen molar-refractivity contribution in [3.05, 3.63) is 130 Å². The van der Waals surface area contributed by atoms with E-state index in [4.69, 9.17) is 4.42 Å². The van der Waals surface area contributed by atoms with Crippen LogP contribution in [0, 0.1) is 0 Å². The standard InChI is InChI=1S/C31H17BrO/c32-25-14-7-13-23-28(25)18-8-1-4-11-21(18)31(23)22-12-5-2-9-19(22)29-24(31)16-17-27-30(29)20-10-3-6-15-26(20)33-27/h1-17H. The molecule has 1 spiro atoms. The molecule has 1 atom stereocenters. The molecule has 33 heavy (non-hydrogen) atoms. The van der Waals surface area contributed by atoms with Gasteiger partial charge in [-0.05, 0) is 57.1 Å². The summed E-state index contributed by atoms with van der Waals surface area (Å²) in [5, 5.41) is 2.39. The molecule has 2 aliphatic rings. The van der Waals surface area contributed by atoms with E-state index < -0.39 is 0 Å². The molecule has 0 aliphatic heterocycles. The van der Waals surface area contributed by atoms with Crippen molar-refractivity contribution in [2.24, 2.45) is 0 Å². The maximum absolute atomic E-state index is 6.29. The fourth-order valence-corrected chi connectivity index (χ4v) is 7.03. The zero-order valence-corrected chi connectivity index (χ0v) is 19.2. The zero-order valence-electron chi connectivity index (χ0n) is 17.6. The molecule has 1 unspecified atom stereocenters. The monoisotopic (exact) mass is 484 g/mol. The van der Waals surface area contributed by atoms with Gasteiger partial charge in [0.2, 0.25) is 0 Å². The second-order valence-corrected chi connectivity index (χ2v) is 9.82. The molecular weight excluding hydrogens is 468 g/mol. The molecule has 6 aromatic rings. The van der Waals surface area contributed by atoms with Crippen LogP contribution in [0.5, 0.6) is 0 Å². The molecule has 0 saturated carbocycles. The van der Waals surface area contributed by atoms with E-state index in [1.807, 2.05) is 6.07 Å². The van der Waals surface area contributed by atoms with Gasteiger partial charge < -0.3 is 4.42 Å². The second-order valence-electron chi connectivity index (χ2n) is 8.96. The molecule has 1 nitrogen and oxygen atoms in total. The van der Waals surface area contributed by atoms with Gasteiger partial charge in [0.25, 0.3) is 0 Å². The quantitative estimate of drug-likeness (QED) is 0.209. The Morgan fingerprint density at radius 2 is 1.15 bits per heavy atom. The Hall–Kier alpha value is -3.62. The van der Waals surface area contributed by atoms with Crippen molar-refractivity contribution in [3.63, 3.8) is 0 Å². The highest BCUT2D eigenvalue weighted by Gasteiger charge is 2.52. The van der Waals surface area contributed by atoms with Gasteiger partial charge in [0.15, 0.2) is 0 Å². The van der Waals surface area contributed by atoms with Crippen LogP contribution in [-0.2, 0) is 5.41 Å². The van der Waals surface area contributed by atoms with E-state index >= 15 is 0 Å². The molecule has 2 heteroatoms. The Morgan fingerprint density at radius 1 is 0.515 bits per heavy atom. The first-order valence-electron chi connectivity index (χ1n) is 11.2. The van der Waals surface area contributed by atoms with E-state index in [0.717, 1.165) is 15.6 Å². The minimum absolute atomic E-state index is 0.339. The Labute approximate surface area is 199 Å². The molecule has 0 saturated heterocycles. The maximum Gasteiger partial charge on any atom is 0.136 e. The molecule has 2 aliphatic carbocycles. The van der Waals surface area contributed by atoms with E-state index in [-0.39, 0.29) is 5.41 Å². The summed E-state index contributed by atoms with van der Waals surface area (Å²) in [7, 11) is 0. The zero-order chi connectivity index (χ0) is 21.7. The van der Waals surface area contributed by atoms with Gasteiger partial charge in [0, 0.05) is 20.8 Å². The van der Waals surface area contributed by atoms with Gasteiger partial charge in [-0.1, -0.05) is 101 Å². The number of para-hydroxylation sites is 1. The lowest BCUT2D eigenvalue weighted by molar-refractivity contribution is 0.668. The van der Waals surface area contributed by atoms with Crippen molar-refractivity contribution in [2.45, 2.75) is 5.41 Å². The highest BCUT2D eigenvalue weighted by atomic mass is 79.9. The second kappa shape index (κ2) is 6.03. The smallest absolute Gasteiger partial charge is 0.136 e. The van der Waals surface area contributed by atoms with Crippen LogP contribution >= 0.6 is 15.9 Å². The summed E-state index contributed by atoms with van der Waals surface area (Å²) < 4.78 is 7.44. The van der Waals surface area contributed by atoms with Gasteiger partial charge in [-0.15, -0.1) is 0 Å². The van der Waals surface area contributed by atoms with Gasteiger partial charge in [-0.3, -0.25) is 0 Å². The molecule has 0 N–H and O–H groups in total. The molecule has 0 bridgehead atoms. The van der Waals surface area contributed by atoms with Crippen molar-refractivity contribution in [1.82, 2.24) is 0 Å².